The molecule has 0 N–H and O–H groups in total. The SMILES string of the molecule is Cc1nc(-c2ccc(F)cc2)ncc1C(=O)N1CCN(Cc2ccc3c(c2)OCO3)CC1. The Hall–Kier alpha value is -3.52. The summed E-state index contributed by atoms with van der Waals surface area (Å²) >= 11 is 0. The summed E-state index contributed by atoms with van der Waals surface area (Å²) < 4.78 is 24.0. The van der Waals surface area contributed by atoms with Gasteiger partial charge in [-0.2, -0.15) is 0 Å². The molecular weight excluding hydrogens is 411 g/mol. The average molecular weight is 434 g/mol. The van der Waals surface area contributed by atoms with Crippen molar-refractivity contribution < 1.29 is 18.7 Å². The molecule has 2 aliphatic heterocycles. The molecule has 0 radical (unpaired) electrons. The Kier molecular flexibility index (Phi) is 5.45. The van der Waals surface area contributed by atoms with Gasteiger partial charge in [0.05, 0.1) is 11.3 Å². The molecule has 32 heavy (non-hydrogen) atoms. The molecule has 2 aromatic carbocycles. The van der Waals surface area contributed by atoms with Crippen molar-refractivity contribution in [2.24, 2.45) is 0 Å². The zero-order chi connectivity index (χ0) is 22.1. The van der Waals surface area contributed by atoms with Crippen LogP contribution in [0.4, 0.5) is 4.39 Å². The number of carbonyl (C=O) groups excluding carboxylic acids is 1. The van der Waals surface area contributed by atoms with Crippen molar-refractivity contribution in [3.8, 4) is 22.9 Å². The zero-order valence-corrected chi connectivity index (χ0v) is 17.8. The molecule has 0 spiro atoms. The van der Waals surface area contributed by atoms with Crippen LogP contribution in [-0.4, -0.2) is 58.6 Å². The summed E-state index contributed by atoms with van der Waals surface area (Å²) in [6.07, 6.45) is 1.57. The molecule has 1 aromatic heterocycles. The number of benzene rings is 2. The molecule has 7 nitrogen and oxygen atoms in total. The maximum absolute atomic E-state index is 13.2. The van der Waals surface area contributed by atoms with Crippen LogP contribution in [0.1, 0.15) is 21.6 Å². The number of halogens is 1. The van der Waals surface area contributed by atoms with E-state index in [-0.39, 0.29) is 18.5 Å². The fourth-order valence-electron chi connectivity index (χ4n) is 3.99. The number of hydrogen-bond donors (Lipinski definition) is 0. The number of aryl methyl sites for hydroxylation is 1. The van der Waals surface area contributed by atoms with E-state index in [0.29, 0.717) is 35.7 Å². The highest BCUT2D eigenvalue weighted by atomic mass is 19.1. The van der Waals surface area contributed by atoms with Crippen LogP contribution in [0.3, 0.4) is 0 Å². The molecule has 8 heteroatoms. The molecule has 1 fully saturated rings. The summed E-state index contributed by atoms with van der Waals surface area (Å²) in [5.41, 5.74) is 2.99. The first kappa shape index (κ1) is 20.4. The third-order valence-corrected chi connectivity index (χ3v) is 5.81. The summed E-state index contributed by atoms with van der Waals surface area (Å²) in [6, 6.07) is 12.0. The molecule has 2 aliphatic rings. The van der Waals surface area contributed by atoms with Crippen molar-refractivity contribution in [2.45, 2.75) is 13.5 Å². The molecule has 164 valence electrons. The number of fused-ring (bicyclic) bond motifs is 1. The number of rotatable bonds is 4. The maximum Gasteiger partial charge on any atom is 0.257 e. The van der Waals surface area contributed by atoms with E-state index < -0.39 is 0 Å². The first-order valence-corrected chi connectivity index (χ1v) is 10.6. The quantitative estimate of drug-likeness (QED) is 0.628. The van der Waals surface area contributed by atoms with Gasteiger partial charge in [-0.15, -0.1) is 0 Å². The van der Waals surface area contributed by atoms with Crippen LogP contribution in [0, 0.1) is 12.7 Å². The predicted molar refractivity (Wildman–Crippen MR) is 116 cm³/mol. The Labute approximate surface area is 185 Å². The van der Waals surface area contributed by atoms with E-state index in [1.54, 1.807) is 25.3 Å². The molecule has 3 heterocycles. The van der Waals surface area contributed by atoms with Crippen LogP contribution >= 0.6 is 0 Å². The second-order valence-corrected chi connectivity index (χ2v) is 7.96. The lowest BCUT2D eigenvalue weighted by Crippen LogP contribution is -2.48. The van der Waals surface area contributed by atoms with E-state index in [4.69, 9.17) is 9.47 Å². The van der Waals surface area contributed by atoms with E-state index in [0.717, 1.165) is 36.7 Å². The third kappa shape index (κ3) is 4.13. The molecule has 0 bridgehead atoms. The Morgan fingerprint density at radius 1 is 1.03 bits per heavy atom. The highest BCUT2D eigenvalue weighted by Crippen LogP contribution is 2.33. The summed E-state index contributed by atoms with van der Waals surface area (Å²) in [6.45, 7) is 5.73. The van der Waals surface area contributed by atoms with Gasteiger partial charge in [0.25, 0.3) is 5.91 Å². The fraction of sp³-hybridized carbons (Fsp3) is 0.292. The molecule has 1 amide bonds. The van der Waals surface area contributed by atoms with Gasteiger partial charge < -0.3 is 14.4 Å². The maximum atomic E-state index is 13.2. The summed E-state index contributed by atoms with van der Waals surface area (Å²) in [4.78, 5) is 26.0. The van der Waals surface area contributed by atoms with Crippen LogP contribution in [0.5, 0.6) is 11.5 Å². The lowest BCUT2D eigenvalue weighted by Gasteiger charge is -2.35. The van der Waals surface area contributed by atoms with Crippen LogP contribution in [-0.2, 0) is 6.54 Å². The monoisotopic (exact) mass is 434 g/mol. The van der Waals surface area contributed by atoms with Gasteiger partial charge >= 0.3 is 0 Å². The van der Waals surface area contributed by atoms with Gasteiger partial charge in [0.1, 0.15) is 5.82 Å². The zero-order valence-electron chi connectivity index (χ0n) is 17.8. The number of aromatic nitrogens is 2. The number of amides is 1. The Bertz CT molecular complexity index is 1140. The fourth-order valence-corrected chi connectivity index (χ4v) is 3.99. The molecule has 0 aliphatic carbocycles. The second kappa shape index (κ2) is 8.55. The first-order chi connectivity index (χ1) is 15.6. The van der Waals surface area contributed by atoms with Crippen LogP contribution in [0.2, 0.25) is 0 Å². The van der Waals surface area contributed by atoms with Gasteiger partial charge in [0.15, 0.2) is 17.3 Å². The van der Waals surface area contributed by atoms with Crippen LogP contribution in [0.15, 0.2) is 48.7 Å². The summed E-state index contributed by atoms with van der Waals surface area (Å²) in [5, 5.41) is 0. The van der Waals surface area contributed by atoms with Gasteiger partial charge in [0, 0.05) is 44.5 Å². The van der Waals surface area contributed by atoms with E-state index in [2.05, 4.69) is 20.9 Å². The smallest absolute Gasteiger partial charge is 0.257 e. The highest BCUT2D eigenvalue weighted by molar-refractivity contribution is 5.95. The first-order valence-electron chi connectivity index (χ1n) is 10.6. The molecule has 0 saturated carbocycles. The number of ether oxygens (including phenoxy) is 2. The minimum absolute atomic E-state index is 0.0594. The van der Waals surface area contributed by atoms with E-state index in [9.17, 15) is 9.18 Å². The van der Waals surface area contributed by atoms with Crippen molar-refractivity contribution in [1.82, 2.24) is 19.8 Å². The predicted octanol–water partition coefficient (Wildman–Crippen LogP) is 3.28. The number of piperazine rings is 1. The van der Waals surface area contributed by atoms with Crippen molar-refractivity contribution >= 4 is 5.91 Å². The van der Waals surface area contributed by atoms with Crippen LogP contribution in [0.25, 0.3) is 11.4 Å². The van der Waals surface area contributed by atoms with Gasteiger partial charge in [0.2, 0.25) is 6.79 Å². The highest BCUT2D eigenvalue weighted by Gasteiger charge is 2.24. The van der Waals surface area contributed by atoms with E-state index >= 15 is 0 Å². The molecule has 5 rings (SSSR count). The van der Waals surface area contributed by atoms with Gasteiger partial charge in [-0.25, -0.2) is 14.4 Å². The second-order valence-electron chi connectivity index (χ2n) is 7.96. The van der Waals surface area contributed by atoms with Crippen LogP contribution < -0.4 is 9.47 Å². The summed E-state index contributed by atoms with van der Waals surface area (Å²) in [7, 11) is 0. The Morgan fingerprint density at radius 3 is 2.53 bits per heavy atom. The molecule has 3 aromatic rings. The van der Waals surface area contributed by atoms with Gasteiger partial charge in [-0.05, 0) is 48.9 Å². The Morgan fingerprint density at radius 2 is 1.78 bits per heavy atom. The van der Waals surface area contributed by atoms with Crippen molar-refractivity contribution in [1.29, 1.82) is 0 Å². The lowest BCUT2D eigenvalue weighted by molar-refractivity contribution is 0.0627. The number of carbonyl (C=O) groups is 1. The number of nitrogens with zero attached hydrogens (tertiary/aromatic N) is 4. The topological polar surface area (TPSA) is 67.8 Å². The van der Waals surface area contributed by atoms with E-state index in [1.807, 2.05) is 17.0 Å². The Balaban J connectivity index is 1.21. The third-order valence-electron chi connectivity index (χ3n) is 5.81. The minimum atomic E-state index is -0.310. The largest absolute Gasteiger partial charge is 0.454 e. The van der Waals surface area contributed by atoms with Crippen molar-refractivity contribution in [3.63, 3.8) is 0 Å². The van der Waals surface area contributed by atoms with Gasteiger partial charge in [-0.1, -0.05) is 6.07 Å². The number of hydrogen-bond acceptors (Lipinski definition) is 6. The normalized spacial score (nSPS) is 15.8. The van der Waals surface area contributed by atoms with E-state index in [1.165, 1.54) is 12.1 Å². The molecule has 1 saturated heterocycles. The van der Waals surface area contributed by atoms with Crippen molar-refractivity contribution in [2.75, 3.05) is 33.0 Å². The molecule has 0 unspecified atom stereocenters. The standard InChI is InChI=1S/C24H23FN4O3/c1-16-20(13-26-23(27-16)18-3-5-19(25)6-4-18)24(30)29-10-8-28(9-11-29)14-17-2-7-21-22(12-17)32-15-31-21/h2-7,12-13H,8-11,14-15H2,1H3. The van der Waals surface area contributed by atoms with Crippen molar-refractivity contribution in [3.05, 3.63) is 71.3 Å². The average Bonchev–Trinajstić information content (AvgIpc) is 3.27. The molecule has 0 atom stereocenters. The minimum Gasteiger partial charge on any atom is -0.454 e. The summed E-state index contributed by atoms with van der Waals surface area (Å²) in [5.74, 6) is 1.68. The van der Waals surface area contributed by atoms with Gasteiger partial charge in [-0.3, -0.25) is 9.69 Å². The molecular formula is C24H23FN4O3. The lowest BCUT2D eigenvalue weighted by atomic mass is 10.1.